The first-order chi connectivity index (χ1) is 7.24. The van der Waals surface area contributed by atoms with Gasteiger partial charge >= 0.3 is 0 Å². The van der Waals surface area contributed by atoms with Crippen molar-refractivity contribution in [2.24, 2.45) is 5.92 Å². The summed E-state index contributed by atoms with van der Waals surface area (Å²) in [6.45, 7) is 7.99. The molecular weight excluding hydrogens is 188 g/mol. The molecule has 2 heterocycles. The highest BCUT2D eigenvalue weighted by molar-refractivity contribution is 5.79. The fourth-order valence-corrected chi connectivity index (χ4v) is 2.89. The number of piperidine rings is 1. The maximum Gasteiger partial charge on any atom is 0.236 e. The molecular formula is C12H22N2O. The van der Waals surface area contributed by atoms with Gasteiger partial charge in [-0.3, -0.25) is 9.69 Å². The van der Waals surface area contributed by atoms with Gasteiger partial charge in [-0.15, -0.1) is 0 Å². The molecule has 2 aliphatic heterocycles. The minimum atomic E-state index is 0.323. The Labute approximate surface area is 92.4 Å². The van der Waals surface area contributed by atoms with Crippen molar-refractivity contribution < 1.29 is 4.79 Å². The third kappa shape index (κ3) is 2.17. The van der Waals surface area contributed by atoms with Crippen molar-refractivity contribution in [3.05, 3.63) is 0 Å². The molecule has 2 rings (SSSR count). The van der Waals surface area contributed by atoms with E-state index in [1.165, 1.54) is 19.3 Å². The van der Waals surface area contributed by atoms with Crippen LogP contribution in [0.1, 0.15) is 33.1 Å². The average molecular weight is 210 g/mol. The molecule has 3 nitrogen and oxygen atoms in total. The van der Waals surface area contributed by atoms with Crippen LogP contribution >= 0.6 is 0 Å². The van der Waals surface area contributed by atoms with Crippen molar-refractivity contribution in [3.8, 4) is 0 Å². The zero-order valence-electron chi connectivity index (χ0n) is 9.91. The largest absolute Gasteiger partial charge is 0.340 e. The maximum atomic E-state index is 11.7. The summed E-state index contributed by atoms with van der Waals surface area (Å²) < 4.78 is 0. The van der Waals surface area contributed by atoms with Gasteiger partial charge in [-0.05, 0) is 32.2 Å². The van der Waals surface area contributed by atoms with Crippen molar-refractivity contribution in [1.29, 1.82) is 0 Å². The summed E-state index contributed by atoms with van der Waals surface area (Å²) in [5, 5.41) is 0. The monoisotopic (exact) mass is 210 g/mol. The zero-order valence-corrected chi connectivity index (χ0v) is 9.91. The highest BCUT2D eigenvalue weighted by Gasteiger charge is 2.35. The molecule has 2 aliphatic rings. The summed E-state index contributed by atoms with van der Waals surface area (Å²) in [6.07, 6.45) is 3.87. The molecule has 1 amide bonds. The average Bonchev–Trinajstić information content (AvgIpc) is 2.27. The Bertz CT molecular complexity index is 242. The van der Waals surface area contributed by atoms with E-state index < -0.39 is 0 Å². The molecule has 0 saturated carbocycles. The second-order valence-electron chi connectivity index (χ2n) is 4.86. The van der Waals surface area contributed by atoms with Crippen LogP contribution in [0.15, 0.2) is 0 Å². The number of likely N-dealkylation sites (N-methyl/N-ethyl adjacent to an activating group) is 1. The third-order valence-electron chi connectivity index (χ3n) is 4.03. The fraction of sp³-hybridized carbons (Fsp3) is 0.917. The molecule has 0 aromatic heterocycles. The Kier molecular flexibility index (Phi) is 3.29. The van der Waals surface area contributed by atoms with Gasteiger partial charge in [-0.25, -0.2) is 0 Å². The summed E-state index contributed by atoms with van der Waals surface area (Å²) in [5.41, 5.74) is 0. The molecule has 2 unspecified atom stereocenters. The lowest BCUT2D eigenvalue weighted by molar-refractivity contribution is -0.139. The molecule has 0 spiro atoms. The van der Waals surface area contributed by atoms with E-state index in [-0.39, 0.29) is 0 Å². The lowest BCUT2D eigenvalue weighted by Gasteiger charge is -2.45. The molecule has 0 bridgehead atoms. The molecule has 0 aliphatic carbocycles. The van der Waals surface area contributed by atoms with E-state index >= 15 is 0 Å². The second kappa shape index (κ2) is 4.52. The smallest absolute Gasteiger partial charge is 0.236 e. The van der Waals surface area contributed by atoms with Crippen LogP contribution in [0, 0.1) is 5.92 Å². The van der Waals surface area contributed by atoms with Crippen LogP contribution in [-0.2, 0) is 4.79 Å². The van der Waals surface area contributed by atoms with Gasteiger partial charge in [0.1, 0.15) is 0 Å². The van der Waals surface area contributed by atoms with Crippen molar-refractivity contribution in [2.75, 3.05) is 26.2 Å². The molecule has 0 aromatic carbocycles. The van der Waals surface area contributed by atoms with Gasteiger partial charge in [0.2, 0.25) is 5.91 Å². The highest BCUT2D eigenvalue weighted by Crippen LogP contribution is 2.27. The summed E-state index contributed by atoms with van der Waals surface area (Å²) in [5.74, 6) is 1.21. The lowest BCUT2D eigenvalue weighted by atomic mass is 9.87. The first-order valence-electron chi connectivity index (χ1n) is 6.26. The Morgan fingerprint density at radius 1 is 1.40 bits per heavy atom. The number of amides is 1. The quantitative estimate of drug-likeness (QED) is 0.686. The van der Waals surface area contributed by atoms with E-state index in [4.69, 9.17) is 0 Å². The standard InChI is InChI=1S/C12H22N2O/c1-3-10-5-6-14-9-12(15)13(4-2)8-11(14)7-10/h10-11H,3-9H2,1-2H3. The topological polar surface area (TPSA) is 23.6 Å². The number of hydrogen-bond acceptors (Lipinski definition) is 2. The van der Waals surface area contributed by atoms with Crippen LogP contribution in [0.4, 0.5) is 0 Å². The van der Waals surface area contributed by atoms with Crippen LogP contribution < -0.4 is 0 Å². The van der Waals surface area contributed by atoms with Crippen molar-refractivity contribution in [2.45, 2.75) is 39.2 Å². The molecule has 2 fully saturated rings. The summed E-state index contributed by atoms with van der Waals surface area (Å²) in [4.78, 5) is 16.1. The van der Waals surface area contributed by atoms with Crippen LogP contribution in [0.25, 0.3) is 0 Å². The number of hydrogen-bond donors (Lipinski definition) is 0. The van der Waals surface area contributed by atoms with E-state index in [1.54, 1.807) is 0 Å². The Morgan fingerprint density at radius 3 is 2.87 bits per heavy atom. The third-order valence-corrected chi connectivity index (χ3v) is 4.03. The first-order valence-corrected chi connectivity index (χ1v) is 6.26. The van der Waals surface area contributed by atoms with Crippen molar-refractivity contribution >= 4 is 5.91 Å². The van der Waals surface area contributed by atoms with Crippen LogP contribution in [-0.4, -0.2) is 47.9 Å². The van der Waals surface area contributed by atoms with E-state index in [2.05, 4.69) is 18.7 Å². The number of rotatable bonds is 2. The molecule has 0 N–H and O–H groups in total. The molecule has 3 heteroatoms. The van der Waals surface area contributed by atoms with Crippen LogP contribution in [0.5, 0.6) is 0 Å². The summed E-state index contributed by atoms with van der Waals surface area (Å²) in [7, 11) is 0. The van der Waals surface area contributed by atoms with Gasteiger partial charge in [0.15, 0.2) is 0 Å². The van der Waals surface area contributed by atoms with Crippen molar-refractivity contribution in [1.82, 2.24) is 9.80 Å². The number of carbonyl (C=O) groups excluding carboxylic acids is 1. The van der Waals surface area contributed by atoms with E-state index in [9.17, 15) is 4.79 Å². The highest BCUT2D eigenvalue weighted by atomic mass is 16.2. The van der Waals surface area contributed by atoms with Gasteiger partial charge < -0.3 is 4.90 Å². The lowest BCUT2D eigenvalue weighted by Crippen LogP contribution is -2.58. The van der Waals surface area contributed by atoms with Gasteiger partial charge in [0.25, 0.3) is 0 Å². The molecule has 86 valence electrons. The van der Waals surface area contributed by atoms with E-state index in [1.807, 2.05) is 4.90 Å². The predicted octanol–water partition coefficient (Wildman–Crippen LogP) is 1.34. The predicted molar refractivity (Wildman–Crippen MR) is 60.6 cm³/mol. The molecule has 15 heavy (non-hydrogen) atoms. The maximum absolute atomic E-state index is 11.7. The number of piperazine rings is 1. The van der Waals surface area contributed by atoms with E-state index in [0.29, 0.717) is 18.5 Å². The fourth-order valence-electron chi connectivity index (χ4n) is 2.89. The number of carbonyl (C=O) groups is 1. The second-order valence-corrected chi connectivity index (χ2v) is 4.86. The number of nitrogens with zero attached hydrogens (tertiary/aromatic N) is 2. The SMILES string of the molecule is CCC1CCN2CC(=O)N(CC)CC2C1. The zero-order chi connectivity index (χ0) is 10.8. The Morgan fingerprint density at radius 2 is 2.20 bits per heavy atom. The van der Waals surface area contributed by atoms with E-state index in [0.717, 1.165) is 25.6 Å². The van der Waals surface area contributed by atoms with Crippen LogP contribution in [0.3, 0.4) is 0 Å². The summed E-state index contributed by atoms with van der Waals surface area (Å²) in [6, 6.07) is 0.640. The Balaban J connectivity index is 1.98. The van der Waals surface area contributed by atoms with Gasteiger partial charge in [0.05, 0.1) is 6.54 Å². The minimum Gasteiger partial charge on any atom is -0.340 e. The van der Waals surface area contributed by atoms with Crippen molar-refractivity contribution in [3.63, 3.8) is 0 Å². The molecule has 2 atom stereocenters. The minimum absolute atomic E-state index is 0.323. The normalized spacial score (nSPS) is 32.9. The van der Waals surface area contributed by atoms with Gasteiger partial charge in [-0.1, -0.05) is 13.3 Å². The molecule has 0 radical (unpaired) electrons. The molecule has 0 aromatic rings. The van der Waals surface area contributed by atoms with Gasteiger partial charge in [-0.2, -0.15) is 0 Å². The summed E-state index contributed by atoms with van der Waals surface area (Å²) >= 11 is 0. The Hall–Kier alpha value is -0.570. The molecule has 2 saturated heterocycles. The van der Waals surface area contributed by atoms with Crippen LogP contribution in [0.2, 0.25) is 0 Å². The van der Waals surface area contributed by atoms with Gasteiger partial charge in [0, 0.05) is 19.1 Å². The first kappa shape index (κ1) is 10.9. The number of fused-ring (bicyclic) bond motifs is 1.